The number of hydrogen-bond acceptors (Lipinski definition) is 2. The lowest BCUT2D eigenvalue weighted by Crippen LogP contribution is -2.29. The highest BCUT2D eigenvalue weighted by Gasteiger charge is 2.21. The average molecular weight is 675 g/mol. The summed E-state index contributed by atoms with van der Waals surface area (Å²) in [5.74, 6) is 0. The van der Waals surface area contributed by atoms with Gasteiger partial charge in [-0.05, 0) is 102 Å². The second-order valence-electron chi connectivity index (χ2n) is 13.9. The number of rotatable bonds is 6. The number of benzene rings is 5. The molecule has 3 heteroatoms. The summed E-state index contributed by atoms with van der Waals surface area (Å²) in [6.07, 6.45) is 23.6. The Balaban J connectivity index is 0.958. The van der Waals surface area contributed by atoms with Crippen LogP contribution in [0, 0.1) is 0 Å². The molecule has 2 aromatic heterocycles. The minimum absolute atomic E-state index is 0.261. The minimum atomic E-state index is 0.261. The van der Waals surface area contributed by atoms with Crippen molar-refractivity contribution in [3.63, 3.8) is 0 Å². The van der Waals surface area contributed by atoms with Gasteiger partial charge in [-0.2, -0.15) is 0 Å². The zero-order valence-electron chi connectivity index (χ0n) is 28.5. The van der Waals surface area contributed by atoms with Gasteiger partial charge >= 0.3 is 0 Å². The Labute approximate surface area is 303 Å². The molecule has 0 saturated carbocycles. The van der Waals surface area contributed by atoms with Gasteiger partial charge in [-0.15, -0.1) is 11.3 Å². The third-order valence-corrected chi connectivity index (χ3v) is 12.2. The molecule has 2 heterocycles. The molecule has 2 nitrogen and oxygen atoms in total. The van der Waals surface area contributed by atoms with Crippen LogP contribution in [0.5, 0.6) is 0 Å². The van der Waals surface area contributed by atoms with Crippen molar-refractivity contribution in [2.75, 3.05) is 4.90 Å². The Hall–Kier alpha value is -5.64. The largest absolute Gasteiger partial charge is 0.334 e. The Bertz CT molecular complexity index is 2550. The van der Waals surface area contributed by atoms with Gasteiger partial charge in [0.25, 0.3) is 0 Å². The fourth-order valence-corrected chi connectivity index (χ4v) is 9.75. The van der Waals surface area contributed by atoms with E-state index in [1.807, 2.05) is 11.3 Å². The third-order valence-electron chi connectivity index (χ3n) is 10.9. The molecule has 10 rings (SSSR count). The Morgan fingerprint density at radius 1 is 0.608 bits per heavy atom. The third kappa shape index (κ3) is 5.23. The van der Waals surface area contributed by atoms with Crippen molar-refractivity contribution in [3.8, 4) is 11.1 Å². The lowest BCUT2D eigenvalue weighted by molar-refractivity contribution is 0.785. The van der Waals surface area contributed by atoms with Crippen LogP contribution in [0.15, 0.2) is 158 Å². The first kappa shape index (κ1) is 30.2. The van der Waals surface area contributed by atoms with Crippen LogP contribution in [-0.2, 0) is 6.42 Å². The first-order chi connectivity index (χ1) is 25.3. The maximum atomic E-state index is 2.50. The summed E-state index contributed by atoms with van der Waals surface area (Å²) >= 11 is 1.98. The maximum absolute atomic E-state index is 2.50. The SMILES string of the molecule is C1=CCC(N(c2ccc(C3=CC=C(n4c5ccccc5c5ccccc54)CC3)cc2)c2ccc(-c3cccc4c5c(sc34)CCC=C5)cc2)C=C1. The number of anilines is 2. The number of allylic oxidation sites excluding steroid dienone is 7. The Morgan fingerprint density at radius 2 is 1.31 bits per heavy atom. The van der Waals surface area contributed by atoms with Crippen molar-refractivity contribution in [1.29, 1.82) is 0 Å². The van der Waals surface area contributed by atoms with Crippen LogP contribution in [0.3, 0.4) is 0 Å². The molecule has 3 aliphatic rings. The van der Waals surface area contributed by atoms with E-state index < -0.39 is 0 Å². The van der Waals surface area contributed by atoms with Crippen LogP contribution in [0.4, 0.5) is 11.4 Å². The van der Waals surface area contributed by atoms with Crippen LogP contribution in [0.1, 0.15) is 41.7 Å². The van der Waals surface area contributed by atoms with Gasteiger partial charge in [0.05, 0.1) is 17.1 Å². The molecule has 1 unspecified atom stereocenters. The monoisotopic (exact) mass is 674 g/mol. The van der Waals surface area contributed by atoms with Gasteiger partial charge in [-0.1, -0.05) is 121 Å². The topological polar surface area (TPSA) is 8.17 Å². The van der Waals surface area contributed by atoms with Crippen LogP contribution < -0.4 is 4.90 Å². The molecule has 0 bridgehead atoms. The molecule has 3 aliphatic carbocycles. The Kier molecular flexibility index (Phi) is 7.46. The predicted molar refractivity (Wildman–Crippen MR) is 221 cm³/mol. The summed E-state index contributed by atoms with van der Waals surface area (Å²) in [6, 6.07) is 43.1. The van der Waals surface area contributed by atoms with E-state index >= 15 is 0 Å². The molecule has 51 heavy (non-hydrogen) atoms. The molecule has 7 aromatic rings. The standard InChI is InChI=1S/C48H38N2S/c1-2-11-36(12-3-1)49(38-31-25-35(26-32-38)40-16-10-17-44-43-15-6-9-20-47(43)51-48(40)44)37-27-21-33(22-28-37)34-23-29-39(30-24-34)50-45-18-7-4-13-41(45)42-14-5-8-19-46(42)50/h1-8,10-11,13-19,21-23,25-29,31-32,36H,9,12,20,24,30H2. The molecular formula is C48H38N2S. The smallest absolute Gasteiger partial charge is 0.0559 e. The van der Waals surface area contributed by atoms with Crippen molar-refractivity contribution < 1.29 is 0 Å². The van der Waals surface area contributed by atoms with Crippen LogP contribution in [0.2, 0.25) is 0 Å². The lowest BCUT2D eigenvalue weighted by Gasteiger charge is -2.33. The molecule has 0 radical (unpaired) electrons. The molecule has 0 N–H and O–H groups in total. The molecule has 246 valence electrons. The molecule has 0 aliphatic heterocycles. The highest BCUT2D eigenvalue weighted by Crippen LogP contribution is 2.42. The number of nitrogens with zero attached hydrogens (tertiary/aromatic N) is 2. The summed E-state index contributed by atoms with van der Waals surface area (Å²) in [7, 11) is 0. The molecule has 1 atom stereocenters. The average Bonchev–Trinajstić information content (AvgIpc) is 3.75. The van der Waals surface area contributed by atoms with E-state index in [0.717, 1.165) is 32.1 Å². The van der Waals surface area contributed by atoms with E-state index in [1.54, 1.807) is 0 Å². The second-order valence-corrected chi connectivity index (χ2v) is 15.0. The first-order valence-electron chi connectivity index (χ1n) is 18.2. The van der Waals surface area contributed by atoms with E-state index in [9.17, 15) is 0 Å². The van der Waals surface area contributed by atoms with Crippen molar-refractivity contribution in [2.24, 2.45) is 0 Å². The van der Waals surface area contributed by atoms with Gasteiger partial charge in [0.2, 0.25) is 0 Å². The van der Waals surface area contributed by atoms with Crippen molar-refractivity contribution in [1.82, 2.24) is 4.57 Å². The number of hydrogen-bond donors (Lipinski definition) is 0. The van der Waals surface area contributed by atoms with Gasteiger partial charge < -0.3 is 9.47 Å². The van der Waals surface area contributed by atoms with Crippen LogP contribution in [0.25, 0.3) is 60.4 Å². The van der Waals surface area contributed by atoms with E-state index in [4.69, 9.17) is 0 Å². The molecule has 0 fully saturated rings. The van der Waals surface area contributed by atoms with Crippen molar-refractivity contribution >= 4 is 71.9 Å². The number of fused-ring (bicyclic) bond motifs is 6. The lowest BCUT2D eigenvalue weighted by atomic mass is 9.95. The van der Waals surface area contributed by atoms with E-state index in [0.29, 0.717) is 0 Å². The Morgan fingerprint density at radius 3 is 2.00 bits per heavy atom. The van der Waals surface area contributed by atoms with E-state index in [2.05, 4.69) is 173 Å². The quantitative estimate of drug-likeness (QED) is 0.170. The van der Waals surface area contributed by atoms with Gasteiger partial charge in [0.15, 0.2) is 0 Å². The zero-order valence-corrected chi connectivity index (χ0v) is 29.3. The van der Waals surface area contributed by atoms with E-state index in [-0.39, 0.29) is 6.04 Å². The molecule has 5 aromatic carbocycles. The maximum Gasteiger partial charge on any atom is 0.0559 e. The van der Waals surface area contributed by atoms with Crippen molar-refractivity contribution in [3.05, 3.63) is 174 Å². The fraction of sp³-hybridized carbons (Fsp3) is 0.125. The summed E-state index contributed by atoms with van der Waals surface area (Å²) in [6.45, 7) is 0. The highest BCUT2D eigenvalue weighted by molar-refractivity contribution is 7.20. The zero-order chi connectivity index (χ0) is 33.7. The number of aryl methyl sites for hydroxylation is 1. The second kappa shape index (κ2) is 12.6. The normalized spacial score (nSPS) is 16.8. The van der Waals surface area contributed by atoms with Crippen molar-refractivity contribution in [2.45, 2.75) is 38.1 Å². The summed E-state index contributed by atoms with van der Waals surface area (Å²) in [4.78, 5) is 4.02. The number of aromatic nitrogens is 1. The first-order valence-corrected chi connectivity index (χ1v) is 19.0. The minimum Gasteiger partial charge on any atom is -0.334 e. The van der Waals surface area contributed by atoms with Gasteiger partial charge in [-0.25, -0.2) is 0 Å². The number of para-hydroxylation sites is 2. The van der Waals surface area contributed by atoms with Gasteiger partial charge in [0, 0.05) is 42.8 Å². The predicted octanol–water partition coefficient (Wildman–Crippen LogP) is 13.4. The van der Waals surface area contributed by atoms with Crippen LogP contribution in [-0.4, -0.2) is 10.6 Å². The molecular weight excluding hydrogens is 637 g/mol. The highest BCUT2D eigenvalue weighted by atomic mass is 32.1. The molecule has 0 spiro atoms. The summed E-state index contributed by atoms with van der Waals surface area (Å²) < 4.78 is 3.87. The van der Waals surface area contributed by atoms with Gasteiger partial charge in [-0.3, -0.25) is 0 Å². The summed E-state index contributed by atoms with van der Waals surface area (Å²) in [5.41, 5.74) is 13.1. The molecule has 0 saturated heterocycles. The number of thiophene rings is 1. The fourth-order valence-electron chi connectivity index (χ4n) is 8.41. The van der Waals surface area contributed by atoms with Gasteiger partial charge in [0.1, 0.15) is 0 Å². The molecule has 0 amide bonds. The summed E-state index contributed by atoms with van der Waals surface area (Å²) in [5, 5.41) is 4.02. The van der Waals surface area contributed by atoms with E-state index in [1.165, 1.54) is 81.7 Å². The van der Waals surface area contributed by atoms with Crippen LogP contribution >= 0.6 is 11.3 Å².